The van der Waals surface area contributed by atoms with E-state index in [4.69, 9.17) is 4.74 Å². The number of amides is 2. The summed E-state index contributed by atoms with van der Waals surface area (Å²) in [5, 5.41) is 11.7. The Morgan fingerprint density at radius 3 is 2.93 bits per heavy atom. The molecule has 156 valence electrons. The number of fused-ring (bicyclic) bond motifs is 2. The number of carbonyl (C=O) groups is 2. The molecule has 10 heteroatoms. The van der Waals surface area contributed by atoms with Crippen molar-refractivity contribution in [1.29, 1.82) is 0 Å². The first-order valence-electron chi connectivity index (χ1n) is 9.99. The Bertz CT molecular complexity index is 1120. The Hall–Kier alpha value is -3.43. The molecule has 10 nitrogen and oxygen atoms in total. The van der Waals surface area contributed by atoms with Crippen LogP contribution < -0.4 is 4.74 Å². The van der Waals surface area contributed by atoms with Crippen molar-refractivity contribution in [2.75, 3.05) is 19.7 Å². The van der Waals surface area contributed by atoms with E-state index in [-0.39, 0.29) is 23.9 Å². The monoisotopic (exact) mass is 410 g/mol. The Morgan fingerprint density at radius 1 is 1.27 bits per heavy atom. The van der Waals surface area contributed by atoms with Gasteiger partial charge >= 0.3 is 0 Å². The van der Waals surface area contributed by atoms with Crippen LogP contribution in [0.2, 0.25) is 0 Å². The van der Waals surface area contributed by atoms with Crippen molar-refractivity contribution in [3.63, 3.8) is 0 Å². The molecule has 2 saturated heterocycles. The van der Waals surface area contributed by atoms with Crippen molar-refractivity contribution in [3.8, 4) is 5.88 Å². The standard InChI is InChI=1S/C20H22N6O4/c1-12-3-4-15-14(10-21-26(15)11-12)20(28)25-6-5-16-17(25)9-18(27)24(16)7-8-29-19-13(2)22-30-23-19/h3-4,10-11,16-17H,5-9H2,1-2H3. The quantitative estimate of drug-likeness (QED) is 0.623. The van der Waals surface area contributed by atoms with Gasteiger partial charge in [-0.2, -0.15) is 5.10 Å². The van der Waals surface area contributed by atoms with Crippen LogP contribution in [0, 0.1) is 13.8 Å². The molecule has 2 atom stereocenters. The molecule has 3 aromatic rings. The first kappa shape index (κ1) is 18.6. The molecule has 0 radical (unpaired) electrons. The fraction of sp³-hybridized carbons (Fsp3) is 0.450. The third-order valence-electron chi connectivity index (χ3n) is 5.95. The smallest absolute Gasteiger partial charge is 0.278 e. The maximum Gasteiger partial charge on any atom is 0.278 e. The summed E-state index contributed by atoms with van der Waals surface area (Å²) in [7, 11) is 0. The fourth-order valence-electron chi connectivity index (χ4n) is 4.47. The maximum absolute atomic E-state index is 13.3. The predicted molar refractivity (Wildman–Crippen MR) is 104 cm³/mol. The summed E-state index contributed by atoms with van der Waals surface area (Å²) in [6.07, 6.45) is 4.59. The van der Waals surface area contributed by atoms with Crippen molar-refractivity contribution >= 4 is 17.3 Å². The Labute approximate surface area is 172 Å². The van der Waals surface area contributed by atoms with Crippen molar-refractivity contribution in [2.24, 2.45) is 0 Å². The van der Waals surface area contributed by atoms with Gasteiger partial charge in [0.05, 0.1) is 35.9 Å². The van der Waals surface area contributed by atoms with Gasteiger partial charge in [0, 0.05) is 19.2 Å². The first-order chi connectivity index (χ1) is 14.5. The lowest BCUT2D eigenvalue weighted by Crippen LogP contribution is -2.41. The summed E-state index contributed by atoms with van der Waals surface area (Å²) >= 11 is 0. The molecular formula is C20H22N6O4. The molecule has 0 saturated carbocycles. The van der Waals surface area contributed by atoms with Gasteiger partial charge in [-0.1, -0.05) is 11.2 Å². The van der Waals surface area contributed by atoms with Crippen LogP contribution in [0.4, 0.5) is 0 Å². The molecule has 3 aromatic heterocycles. The second kappa shape index (κ2) is 7.12. The number of likely N-dealkylation sites (tertiary alicyclic amines) is 2. The van der Waals surface area contributed by atoms with E-state index in [1.54, 1.807) is 17.6 Å². The Balaban J connectivity index is 1.28. The lowest BCUT2D eigenvalue weighted by molar-refractivity contribution is -0.129. The van der Waals surface area contributed by atoms with E-state index >= 15 is 0 Å². The summed E-state index contributed by atoms with van der Waals surface area (Å²) < 4.78 is 11.9. The number of hydrogen-bond donors (Lipinski definition) is 0. The normalized spacial score (nSPS) is 20.9. The molecule has 0 spiro atoms. The SMILES string of the molecule is Cc1ccc2c(C(=O)N3CCC4C3CC(=O)N4CCOc3nonc3C)cnn2c1. The van der Waals surface area contributed by atoms with Crippen molar-refractivity contribution < 1.29 is 19.0 Å². The Kier molecular flexibility index (Phi) is 4.41. The van der Waals surface area contributed by atoms with Crippen molar-refractivity contribution in [1.82, 2.24) is 29.7 Å². The molecule has 2 unspecified atom stereocenters. The van der Waals surface area contributed by atoms with Gasteiger partial charge in [0.1, 0.15) is 12.3 Å². The topological polar surface area (TPSA) is 106 Å². The molecule has 0 N–H and O–H groups in total. The van der Waals surface area contributed by atoms with Crippen LogP contribution >= 0.6 is 0 Å². The number of rotatable bonds is 5. The lowest BCUT2D eigenvalue weighted by Gasteiger charge is -2.25. The minimum absolute atomic E-state index is 0.00524. The van der Waals surface area contributed by atoms with Crippen LogP contribution in [-0.4, -0.2) is 73.3 Å². The first-order valence-corrected chi connectivity index (χ1v) is 9.99. The molecule has 5 rings (SSSR count). The summed E-state index contributed by atoms with van der Waals surface area (Å²) in [4.78, 5) is 29.5. The minimum atomic E-state index is -0.124. The van der Waals surface area contributed by atoms with Crippen LogP contribution in [0.1, 0.15) is 34.5 Å². The van der Waals surface area contributed by atoms with Gasteiger partial charge in [-0.15, -0.1) is 0 Å². The van der Waals surface area contributed by atoms with Crippen molar-refractivity contribution in [3.05, 3.63) is 41.3 Å². The van der Waals surface area contributed by atoms with Crippen LogP contribution in [0.25, 0.3) is 5.52 Å². The number of hydrogen-bond acceptors (Lipinski definition) is 7. The molecule has 30 heavy (non-hydrogen) atoms. The zero-order valence-electron chi connectivity index (χ0n) is 16.8. The number of aromatic nitrogens is 4. The van der Waals surface area contributed by atoms with Crippen LogP contribution in [-0.2, 0) is 4.79 Å². The van der Waals surface area contributed by atoms with E-state index in [1.165, 1.54) is 0 Å². The van der Waals surface area contributed by atoms with E-state index in [0.29, 0.717) is 43.3 Å². The van der Waals surface area contributed by atoms with E-state index in [0.717, 1.165) is 17.5 Å². The largest absolute Gasteiger partial charge is 0.472 e. The highest BCUT2D eigenvalue weighted by Gasteiger charge is 2.48. The third kappa shape index (κ3) is 2.99. The zero-order valence-corrected chi connectivity index (χ0v) is 16.8. The van der Waals surface area contributed by atoms with Gasteiger partial charge in [-0.3, -0.25) is 9.59 Å². The van der Waals surface area contributed by atoms with E-state index in [9.17, 15) is 9.59 Å². The third-order valence-corrected chi connectivity index (χ3v) is 5.95. The van der Waals surface area contributed by atoms with Gasteiger partial charge in [0.25, 0.3) is 11.8 Å². The minimum Gasteiger partial charge on any atom is -0.472 e. The second-order valence-electron chi connectivity index (χ2n) is 7.81. The van der Waals surface area contributed by atoms with E-state index in [1.807, 2.05) is 35.1 Å². The molecular weight excluding hydrogens is 388 g/mol. The molecule has 2 fully saturated rings. The van der Waals surface area contributed by atoms with Gasteiger partial charge in [-0.05, 0) is 37.1 Å². The van der Waals surface area contributed by atoms with Crippen LogP contribution in [0.15, 0.2) is 29.2 Å². The van der Waals surface area contributed by atoms with Gasteiger partial charge < -0.3 is 14.5 Å². The van der Waals surface area contributed by atoms with Crippen LogP contribution in [0.5, 0.6) is 5.88 Å². The lowest BCUT2D eigenvalue weighted by atomic mass is 10.1. The number of carbonyl (C=O) groups excluding carboxylic acids is 2. The van der Waals surface area contributed by atoms with Gasteiger partial charge in [0.2, 0.25) is 5.91 Å². The number of pyridine rings is 1. The average Bonchev–Trinajstić information content (AvgIpc) is 3.47. The van der Waals surface area contributed by atoms with Gasteiger partial charge in [-0.25, -0.2) is 9.14 Å². The Morgan fingerprint density at radius 2 is 2.13 bits per heavy atom. The highest BCUT2D eigenvalue weighted by molar-refractivity contribution is 6.01. The zero-order chi connectivity index (χ0) is 20.8. The highest BCUT2D eigenvalue weighted by atomic mass is 16.6. The van der Waals surface area contributed by atoms with Gasteiger partial charge in [0.15, 0.2) is 0 Å². The molecule has 2 aliphatic rings. The molecule has 2 amide bonds. The number of nitrogens with zero attached hydrogens (tertiary/aromatic N) is 6. The summed E-state index contributed by atoms with van der Waals surface area (Å²) in [6, 6.07) is 3.76. The summed E-state index contributed by atoms with van der Waals surface area (Å²) in [5.41, 5.74) is 2.99. The molecule has 0 bridgehead atoms. The molecule has 5 heterocycles. The number of aryl methyl sites for hydroxylation is 2. The fourth-order valence-corrected chi connectivity index (χ4v) is 4.47. The maximum atomic E-state index is 13.3. The average molecular weight is 410 g/mol. The molecule has 0 aromatic carbocycles. The highest BCUT2D eigenvalue weighted by Crippen LogP contribution is 2.33. The summed E-state index contributed by atoms with van der Waals surface area (Å²) in [5.74, 6) is 0.304. The molecule has 2 aliphatic heterocycles. The van der Waals surface area contributed by atoms with E-state index in [2.05, 4.69) is 20.0 Å². The van der Waals surface area contributed by atoms with Crippen LogP contribution in [0.3, 0.4) is 0 Å². The number of ether oxygens (including phenoxy) is 1. The summed E-state index contributed by atoms with van der Waals surface area (Å²) in [6.45, 7) is 5.08. The molecule has 0 aliphatic carbocycles. The predicted octanol–water partition coefficient (Wildman–Crippen LogP) is 1.23. The second-order valence-corrected chi connectivity index (χ2v) is 7.81. The van der Waals surface area contributed by atoms with E-state index < -0.39 is 0 Å². The van der Waals surface area contributed by atoms with Crippen molar-refractivity contribution in [2.45, 2.75) is 38.8 Å².